The lowest BCUT2D eigenvalue weighted by atomic mass is 10.1. The first-order chi connectivity index (χ1) is 14.6. The van der Waals surface area contributed by atoms with Gasteiger partial charge in [-0.05, 0) is 36.2 Å². The zero-order valence-corrected chi connectivity index (χ0v) is 16.6. The highest BCUT2D eigenvalue weighted by molar-refractivity contribution is 5.96. The van der Waals surface area contributed by atoms with Crippen molar-refractivity contribution in [2.24, 2.45) is 0 Å². The third-order valence-corrected chi connectivity index (χ3v) is 4.93. The number of hydrogen-bond donors (Lipinski definition) is 1. The van der Waals surface area contributed by atoms with Crippen molar-refractivity contribution in [3.05, 3.63) is 66.1 Å². The van der Waals surface area contributed by atoms with Gasteiger partial charge in [-0.2, -0.15) is 0 Å². The van der Waals surface area contributed by atoms with Crippen LogP contribution in [0.2, 0.25) is 0 Å². The van der Waals surface area contributed by atoms with Crippen LogP contribution in [0.4, 0.5) is 11.7 Å². The molecule has 2 heterocycles. The molecule has 0 aliphatic carbocycles. The molecule has 0 spiro atoms. The fourth-order valence-corrected chi connectivity index (χ4v) is 3.31. The van der Waals surface area contributed by atoms with Crippen LogP contribution in [0.3, 0.4) is 0 Å². The monoisotopic (exact) mass is 406 g/mol. The molecule has 0 unspecified atom stereocenters. The molecule has 3 aromatic rings. The zero-order valence-electron chi connectivity index (χ0n) is 16.6. The first-order valence-electron chi connectivity index (χ1n) is 9.82. The Bertz CT molecular complexity index is 1020. The van der Waals surface area contributed by atoms with Crippen molar-refractivity contribution in [1.29, 1.82) is 0 Å². The highest BCUT2D eigenvalue weighted by atomic mass is 16.5. The van der Waals surface area contributed by atoms with E-state index < -0.39 is 5.91 Å². The molecule has 1 aliphatic rings. The van der Waals surface area contributed by atoms with E-state index in [1.807, 2.05) is 54.6 Å². The largest absolute Gasteiger partial charge is 0.484 e. The van der Waals surface area contributed by atoms with Crippen LogP contribution in [-0.2, 0) is 16.0 Å². The summed E-state index contributed by atoms with van der Waals surface area (Å²) < 4.78 is 11.0. The summed E-state index contributed by atoms with van der Waals surface area (Å²) in [6.07, 6.45) is 1.22. The van der Waals surface area contributed by atoms with E-state index in [-0.39, 0.29) is 30.9 Å². The molecule has 4 rings (SSSR count). The van der Waals surface area contributed by atoms with Gasteiger partial charge in [0.15, 0.2) is 6.61 Å². The highest BCUT2D eigenvalue weighted by Crippen LogP contribution is 2.31. The first kappa shape index (κ1) is 19.6. The van der Waals surface area contributed by atoms with Gasteiger partial charge in [-0.25, -0.2) is 0 Å². The summed E-state index contributed by atoms with van der Waals surface area (Å²) in [4.78, 5) is 26.2. The number of carbonyl (C=O) groups is 2. The topological polar surface area (TPSA) is 97.6 Å². The molecule has 0 radical (unpaired) electrons. The lowest BCUT2D eigenvalue weighted by Gasteiger charge is -2.15. The van der Waals surface area contributed by atoms with Crippen LogP contribution in [0.25, 0.3) is 0 Å². The van der Waals surface area contributed by atoms with Crippen LogP contribution in [0.15, 0.2) is 59.0 Å². The van der Waals surface area contributed by atoms with Crippen LogP contribution in [0.5, 0.6) is 5.75 Å². The van der Waals surface area contributed by atoms with Gasteiger partial charge in [-0.3, -0.25) is 14.9 Å². The van der Waals surface area contributed by atoms with Crippen molar-refractivity contribution in [1.82, 2.24) is 10.2 Å². The molecular formula is C22H22N4O4. The van der Waals surface area contributed by atoms with Gasteiger partial charge < -0.3 is 14.1 Å². The number of aryl methyl sites for hydroxylation is 1. The van der Waals surface area contributed by atoms with Crippen molar-refractivity contribution in [2.45, 2.75) is 25.7 Å². The van der Waals surface area contributed by atoms with Gasteiger partial charge in [0.2, 0.25) is 11.8 Å². The second kappa shape index (κ2) is 8.77. The van der Waals surface area contributed by atoms with Crippen molar-refractivity contribution in [3.8, 4) is 5.75 Å². The Kier molecular flexibility index (Phi) is 5.74. The van der Waals surface area contributed by atoms with E-state index in [0.29, 0.717) is 18.2 Å². The van der Waals surface area contributed by atoms with Gasteiger partial charge in [0.1, 0.15) is 5.75 Å². The summed E-state index contributed by atoms with van der Waals surface area (Å²) in [6.45, 7) is 2.35. The predicted octanol–water partition coefficient (Wildman–Crippen LogP) is 3.17. The molecular weight excluding hydrogens is 384 g/mol. The second-order valence-corrected chi connectivity index (χ2v) is 7.02. The Morgan fingerprint density at radius 2 is 1.93 bits per heavy atom. The lowest BCUT2D eigenvalue weighted by Crippen LogP contribution is -2.24. The maximum atomic E-state index is 12.4. The maximum Gasteiger partial charge on any atom is 0.322 e. The number of rotatable bonds is 7. The fraction of sp³-hybridized carbons (Fsp3) is 0.273. The minimum absolute atomic E-state index is 0.00234. The predicted molar refractivity (Wildman–Crippen MR) is 110 cm³/mol. The molecule has 1 aromatic heterocycles. The molecule has 1 saturated heterocycles. The Morgan fingerprint density at radius 3 is 2.67 bits per heavy atom. The number of amides is 2. The van der Waals surface area contributed by atoms with E-state index in [0.717, 1.165) is 12.1 Å². The van der Waals surface area contributed by atoms with Crippen LogP contribution < -0.4 is 15.0 Å². The molecule has 30 heavy (non-hydrogen) atoms. The molecule has 0 bridgehead atoms. The number of anilines is 2. The molecule has 0 saturated carbocycles. The molecule has 1 N–H and O–H groups in total. The number of aromatic nitrogens is 2. The third-order valence-electron chi connectivity index (χ3n) is 4.93. The molecule has 1 fully saturated rings. The van der Waals surface area contributed by atoms with E-state index >= 15 is 0 Å². The minimum atomic E-state index is -0.404. The number of nitrogens with zero attached hydrogens (tertiary/aromatic N) is 3. The van der Waals surface area contributed by atoms with Crippen LogP contribution in [-0.4, -0.2) is 35.2 Å². The third kappa shape index (κ3) is 4.48. The number of ether oxygens (including phenoxy) is 1. The minimum Gasteiger partial charge on any atom is -0.484 e. The number of nitrogens with one attached hydrogen (secondary N) is 1. The Hall–Kier alpha value is -3.68. The van der Waals surface area contributed by atoms with Crippen molar-refractivity contribution < 1.29 is 18.7 Å². The van der Waals surface area contributed by atoms with Crippen LogP contribution >= 0.6 is 0 Å². The van der Waals surface area contributed by atoms with Crippen LogP contribution in [0, 0.1) is 0 Å². The van der Waals surface area contributed by atoms with Gasteiger partial charge in [0.05, 0.1) is 5.92 Å². The summed E-state index contributed by atoms with van der Waals surface area (Å²) in [5.41, 5.74) is 2.03. The molecule has 8 nitrogen and oxygen atoms in total. The number of para-hydroxylation sites is 1. The number of carbonyl (C=O) groups excluding carboxylic acids is 2. The van der Waals surface area contributed by atoms with E-state index in [2.05, 4.69) is 22.4 Å². The Morgan fingerprint density at radius 1 is 1.17 bits per heavy atom. The average molecular weight is 406 g/mol. The van der Waals surface area contributed by atoms with Gasteiger partial charge in [0.25, 0.3) is 5.91 Å². The summed E-state index contributed by atoms with van der Waals surface area (Å²) in [5, 5.41) is 10.4. The smallest absolute Gasteiger partial charge is 0.322 e. The van der Waals surface area contributed by atoms with Crippen molar-refractivity contribution in [2.75, 3.05) is 23.4 Å². The Labute approximate surface area is 173 Å². The van der Waals surface area contributed by atoms with Gasteiger partial charge in [0, 0.05) is 18.7 Å². The lowest BCUT2D eigenvalue weighted by molar-refractivity contribution is -0.118. The summed E-state index contributed by atoms with van der Waals surface area (Å²) in [5.74, 6) is 0.312. The summed E-state index contributed by atoms with van der Waals surface area (Å²) >= 11 is 0. The van der Waals surface area contributed by atoms with E-state index in [9.17, 15) is 9.59 Å². The van der Waals surface area contributed by atoms with E-state index in [4.69, 9.17) is 9.15 Å². The van der Waals surface area contributed by atoms with Crippen molar-refractivity contribution in [3.63, 3.8) is 0 Å². The maximum absolute atomic E-state index is 12.4. The Balaban J connectivity index is 1.31. The standard InChI is InChI=1S/C22H22N4O4/c1-2-15-8-10-18(11-9-15)29-14-19(27)23-22-25-24-21(30-22)16-12-20(28)26(13-16)17-6-4-3-5-7-17/h3-11,16H,2,12-14H2,1H3,(H,23,25,27)/t16-/m1/s1. The SMILES string of the molecule is CCc1ccc(OCC(=O)Nc2nnc([C@@H]3CC(=O)N(c4ccccc4)C3)o2)cc1. The second-order valence-electron chi connectivity index (χ2n) is 7.02. The highest BCUT2D eigenvalue weighted by Gasteiger charge is 2.35. The molecule has 2 amide bonds. The number of benzene rings is 2. The van der Waals surface area contributed by atoms with Crippen LogP contribution in [0.1, 0.15) is 30.7 Å². The fourth-order valence-electron chi connectivity index (χ4n) is 3.31. The molecule has 1 atom stereocenters. The molecule has 8 heteroatoms. The molecule has 2 aromatic carbocycles. The zero-order chi connectivity index (χ0) is 20.9. The van der Waals surface area contributed by atoms with Crippen molar-refractivity contribution >= 4 is 23.5 Å². The number of hydrogen-bond acceptors (Lipinski definition) is 6. The summed E-state index contributed by atoms with van der Waals surface area (Å²) in [7, 11) is 0. The normalized spacial score (nSPS) is 16.0. The first-order valence-corrected chi connectivity index (χ1v) is 9.82. The van der Waals surface area contributed by atoms with Gasteiger partial charge >= 0.3 is 6.01 Å². The summed E-state index contributed by atoms with van der Waals surface area (Å²) in [6, 6.07) is 17.0. The molecule has 1 aliphatic heterocycles. The van der Waals surface area contributed by atoms with Gasteiger partial charge in [-0.1, -0.05) is 42.4 Å². The van der Waals surface area contributed by atoms with Gasteiger partial charge in [-0.15, -0.1) is 5.10 Å². The molecule has 154 valence electrons. The quantitative estimate of drug-likeness (QED) is 0.647. The van der Waals surface area contributed by atoms with E-state index in [1.165, 1.54) is 5.56 Å². The average Bonchev–Trinajstić information content (AvgIpc) is 3.39. The van der Waals surface area contributed by atoms with E-state index in [1.54, 1.807) is 4.90 Å².